The van der Waals surface area contributed by atoms with Crippen molar-refractivity contribution in [1.29, 1.82) is 0 Å². The molecule has 2 N–H and O–H groups in total. The van der Waals surface area contributed by atoms with Gasteiger partial charge in [0.05, 0.1) is 10.6 Å². The number of hydrogen-bond acceptors (Lipinski definition) is 5. The Morgan fingerprint density at radius 3 is 2.71 bits per heavy atom. The van der Waals surface area contributed by atoms with Gasteiger partial charge in [0.15, 0.2) is 4.32 Å². The topological polar surface area (TPSA) is 82.8 Å². The number of thioether (sulfide) groups is 1. The van der Waals surface area contributed by atoms with Gasteiger partial charge in [0.1, 0.15) is 11.3 Å². The van der Waals surface area contributed by atoms with Gasteiger partial charge in [0.2, 0.25) is 0 Å². The molecule has 1 fully saturated rings. The van der Waals surface area contributed by atoms with Crippen LogP contribution < -0.4 is 4.90 Å². The summed E-state index contributed by atoms with van der Waals surface area (Å²) in [5.41, 5.74) is 0.896. The van der Waals surface area contributed by atoms with E-state index in [1.807, 2.05) is 30.1 Å². The number of phenols is 1. The van der Waals surface area contributed by atoms with Crippen molar-refractivity contribution in [3.05, 3.63) is 52.7 Å². The Morgan fingerprint density at radius 2 is 2.08 bits per heavy atom. The van der Waals surface area contributed by atoms with Gasteiger partial charge in [-0.05, 0) is 35.9 Å². The Hall–Kier alpha value is -2.58. The normalized spacial score (nSPS) is 16.2. The van der Waals surface area contributed by atoms with Gasteiger partial charge in [0.25, 0.3) is 5.91 Å². The second-order valence-electron chi connectivity index (χ2n) is 5.13. The highest BCUT2D eigenvalue weighted by atomic mass is 32.2. The SMILES string of the molecule is Cn1ccc(/C=C2/SC(=S)N(c3ccc(O)c(C(=O)O)c3)C2=O)c1. The van der Waals surface area contributed by atoms with E-state index in [-0.39, 0.29) is 17.2 Å². The van der Waals surface area contributed by atoms with Crippen LogP contribution in [0.25, 0.3) is 6.08 Å². The molecule has 0 spiro atoms. The van der Waals surface area contributed by atoms with Crippen molar-refractivity contribution in [2.45, 2.75) is 0 Å². The number of hydrogen-bond donors (Lipinski definition) is 2. The van der Waals surface area contributed by atoms with Crippen molar-refractivity contribution in [2.24, 2.45) is 7.05 Å². The van der Waals surface area contributed by atoms with Crippen LogP contribution in [0.1, 0.15) is 15.9 Å². The first kappa shape index (κ1) is 16.3. The summed E-state index contributed by atoms with van der Waals surface area (Å²) < 4.78 is 2.18. The smallest absolute Gasteiger partial charge is 0.339 e. The number of aromatic hydroxyl groups is 1. The molecule has 2 heterocycles. The van der Waals surface area contributed by atoms with E-state index < -0.39 is 5.97 Å². The van der Waals surface area contributed by atoms with Crippen LogP contribution in [0.15, 0.2) is 41.6 Å². The van der Waals surface area contributed by atoms with Crippen LogP contribution in [0.4, 0.5) is 5.69 Å². The van der Waals surface area contributed by atoms with E-state index in [1.54, 1.807) is 6.08 Å². The number of carboxylic acid groups (broad SMARTS) is 1. The monoisotopic (exact) mass is 360 g/mol. The minimum absolute atomic E-state index is 0.284. The van der Waals surface area contributed by atoms with Crippen LogP contribution in [-0.4, -0.2) is 31.0 Å². The van der Waals surface area contributed by atoms with Crippen LogP contribution in [-0.2, 0) is 11.8 Å². The van der Waals surface area contributed by atoms with Crippen molar-refractivity contribution in [3.63, 3.8) is 0 Å². The molecule has 0 bridgehead atoms. The lowest BCUT2D eigenvalue weighted by atomic mass is 10.1. The van der Waals surface area contributed by atoms with Gasteiger partial charge < -0.3 is 14.8 Å². The molecule has 8 heteroatoms. The lowest BCUT2D eigenvalue weighted by Gasteiger charge is -2.15. The molecule has 0 unspecified atom stereocenters. The number of benzene rings is 1. The molecular weight excluding hydrogens is 348 g/mol. The highest BCUT2D eigenvalue weighted by Crippen LogP contribution is 2.37. The quantitative estimate of drug-likeness (QED) is 0.647. The molecule has 1 amide bonds. The highest BCUT2D eigenvalue weighted by Gasteiger charge is 2.34. The summed E-state index contributed by atoms with van der Waals surface area (Å²) in [6.45, 7) is 0. The van der Waals surface area contributed by atoms with E-state index in [0.717, 1.165) is 17.3 Å². The van der Waals surface area contributed by atoms with E-state index in [4.69, 9.17) is 17.3 Å². The highest BCUT2D eigenvalue weighted by molar-refractivity contribution is 8.27. The van der Waals surface area contributed by atoms with Gasteiger partial charge in [-0.25, -0.2) is 4.79 Å². The van der Waals surface area contributed by atoms with E-state index in [0.29, 0.717) is 14.9 Å². The third-order valence-corrected chi connectivity index (χ3v) is 4.72. The number of aryl methyl sites for hydroxylation is 1. The van der Waals surface area contributed by atoms with E-state index in [1.165, 1.54) is 23.1 Å². The summed E-state index contributed by atoms with van der Waals surface area (Å²) in [6, 6.07) is 5.79. The molecule has 122 valence electrons. The second kappa shape index (κ2) is 6.14. The van der Waals surface area contributed by atoms with E-state index in [2.05, 4.69) is 0 Å². The average molecular weight is 360 g/mol. The molecule has 1 aromatic carbocycles. The fourth-order valence-electron chi connectivity index (χ4n) is 2.29. The molecule has 1 aliphatic heterocycles. The molecule has 1 saturated heterocycles. The van der Waals surface area contributed by atoms with Crippen molar-refractivity contribution in [2.75, 3.05) is 4.90 Å². The minimum Gasteiger partial charge on any atom is -0.507 e. The molecule has 0 atom stereocenters. The first-order valence-corrected chi connectivity index (χ1v) is 8.05. The molecule has 1 aromatic heterocycles. The summed E-state index contributed by atoms with van der Waals surface area (Å²) in [5, 5.41) is 18.7. The van der Waals surface area contributed by atoms with Crippen LogP contribution in [0, 0.1) is 0 Å². The summed E-state index contributed by atoms with van der Waals surface area (Å²) in [5.74, 6) is -1.97. The lowest BCUT2D eigenvalue weighted by Crippen LogP contribution is -2.27. The number of rotatable bonds is 3. The van der Waals surface area contributed by atoms with Crippen molar-refractivity contribution in [3.8, 4) is 5.75 Å². The standard InChI is InChI=1S/C16H12N2O4S2/c1-17-5-4-9(8-17)6-13-14(20)18(16(23)24-13)10-2-3-12(19)11(7-10)15(21)22/h2-8,19H,1H3,(H,21,22)/b13-6+. The van der Waals surface area contributed by atoms with Gasteiger partial charge in [-0.3, -0.25) is 9.69 Å². The van der Waals surface area contributed by atoms with Crippen LogP contribution in [0.5, 0.6) is 5.75 Å². The summed E-state index contributed by atoms with van der Waals surface area (Å²) in [6.07, 6.45) is 5.47. The van der Waals surface area contributed by atoms with Gasteiger partial charge in [-0.1, -0.05) is 24.0 Å². The van der Waals surface area contributed by atoms with E-state index in [9.17, 15) is 14.7 Å². The third-order valence-electron chi connectivity index (χ3n) is 3.42. The minimum atomic E-state index is -1.28. The first-order chi connectivity index (χ1) is 11.4. The zero-order valence-corrected chi connectivity index (χ0v) is 14.1. The van der Waals surface area contributed by atoms with E-state index >= 15 is 0 Å². The number of anilines is 1. The Balaban J connectivity index is 1.97. The van der Waals surface area contributed by atoms with Gasteiger partial charge in [-0.2, -0.15) is 0 Å². The fourth-order valence-corrected chi connectivity index (χ4v) is 3.59. The predicted octanol–water partition coefficient (Wildman–Crippen LogP) is 2.83. The zero-order chi connectivity index (χ0) is 17.4. The molecule has 6 nitrogen and oxygen atoms in total. The number of carbonyl (C=O) groups excluding carboxylic acids is 1. The maximum absolute atomic E-state index is 12.6. The van der Waals surface area contributed by atoms with Gasteiger partial charge >= 0.3 is 5.97 Å². The zero-order valence-electron chi connectivity index (χ0n) is 12.5. The lowest BCUT2D eigenvalue weighted by molar-refractivity contribution is -0.113. The Kier molecular flexibility index (Phi) is 4.16. The number of carbonyl (C=O) groups is 2. The molecular formula is C16H12N2O4S2. The number of nitrogens with zero attached hydrogens (tertiary/aromatic N) is 2. The summed E-state index contributed by atoms with van der Waals surface area (Å²) in [7, 11) is 1.88. The van der Waals surface area contributed by atoms with Crippen molar-refractivity contribution < 1.29 is 19.8 Å². The third kappa shape index (κ3) is 2.93. The predicted molar refractivity (Wildman–Crippen MR) is 96.1 cm³/mol. The molecule has 24 heavy (non-hydrogen) atoms. The number of amides is 1. The van der Waals surface area contributed by atoms with Crippen LogP contribution in [0.3, 0.4) is 0 Å². The van der Waals surface area contributed by atoms with Crippen LogP contribution in [0.2, 0.25) is 0 Å². The maximum atomic E-state index is 12.6. The molecule has 3 rings (SSSR count). The number of thiocarbonyl (C=S) groups is 1. The fraction of sp³-hybridized carbons (Fsp3) is 0.0625. The molecule has 1 aliphatic rings. The second-order valence-corrected chi connectivity index (χ2v) is 6.81. The van der Waals surface area contributed by atoms with Crippen molar-refractivity contribution in [1.82, 2.24) is 4.57 Å². The Labute approximate surface area is 147 Å². The molecule has 0 saturated carbocycles. The van der Waals surface area contributed by atoms with Crippen molar-refractivity contribution >= 4 is 51.9 Å². The van der Waals surface area contributed by atoms with Gasteiger partial charge in [-0.15, -0.1) is 0 Å². The molecule has 0 aliphatic carbocycles. The number of aromatic nitrogens is 1. The number of aromatic carboxylic acids is 1. The first-order valence-electron chi connectivity index (χ1n) is 6.83. The Morgan fingerprint density at radius 1 is 1.33 bits per heavy atom. The number of carboxylic acids is 1. The maximum Gasteiger partial charge on any atom is 0.339 e. The molecule has 2 aromatic rings. The average Bonchev–Trinajstić information content (AvgIpc) is 3.04. The van der Waals surface area contributed by atoms with Gasteiger partial charge in [0, 0.05) is 19.4 Å². The largest absolute Gasteiger partial charge is 0.507 e. The molecule has 0 radical (unpaired) electrons. The Bertz CT molecular complexity index is 901. The summed E-state index contributed by atoms with van der Waals surface area (Å²) in [4.78, 5) is 25.5. The van der Waals surface area contributed by atoms with Crippen LogP contribution >= 0.6 is 24.0 Å². The summed E-state index contributed by atoms with van der Waals surface area (Å²) >= 11 is 6.40.